The van der Waals surface area contributed by atoms with Crippen LogP contribution in [0.1, 0.15) is 16.8 Å². The zero-order chi connectivity index (χ0) is 13.7. The molecule has 0 radical (unpaired) electrons. The summed E-state index contributed by atoms with van der Waals surface area (Å²) in [7, 11) is 0. The lowest BCUT2D eigenvalue weighted by Crippen LogP contribution is -1.98. The number of nitriles is 1. The van der Waals surface area contributed by atoms with Crippen molar-refractivity contribution in [3.8, 4) is 11.8 Å². The Morgan fingerprint density at radius 1 is 1.26 bits per heavy atom. The van der Waals surface area contributed by atoms with Crippen molar-refractivity contribution < 1.29 is 14.2 Å². The van der Waals surface area contributed by atoms with Gasteiger partial charge in [-0.1, -0.05) is 0 Å². The number of aromatic nitrogens is 1. The highest BCUT2D eigenvalue weighted by Gasteiger charge is 2.03. The largest absolute Gasteiger partial charge is 0.489 e. The minimum absolute atomic E-state index is 0.200. The summed E-state index contributed by atoms with van der Waals surface area (Å²) in [6, 6.07) is 9.30. The molecular weight excluding hydrogens is 247 g/mol. The number of rotatable bonds is 4. The van der Waals surface area contributed by atoms with Crippen molar-refractivity contribution in [3.05, 3.63) is 59.2 Å². The van der Waals surface area contributed by atoms with Crippen molar-refractivity contribution in [2.24, 2.45) is 0 Å². The monoisotopic (exact) mass is 258 g/mol. The van der Waals surface area contributed by atoms with E-state index in [1.165, 1.54) is 18.3 Å². The molecule has 1 N–H and O–H groups in total. The molecule has 0 spiro atoms. The Hall–Kier alpha value is -2.45. The number of benzene rings is 1. The summed E-state index contributed by atoms with van der Waals surface area (Å²) in [5, 5.41) is 17.7. The quantitative estimate of drug-likeness (QED) is 0.912. The van der Waals surface area contributed by atoms with E-state index in [0.29, 0.717) is 17.0 Å². The maximum absolute atomic E-state index is 13.2. The molecule has 0 aliphatic rings. The van der Waals surface area contributed by atoms with Crippen LogP contribution in [0.3, 0.4) is 0 Å². The third kappa shape index (κ3) is 3.50. The lowest BCUT2D eigenvalue weighted by atomic mass is 10.2. The molecule has 19 heavy (non-hydrogen) atoms. The molecule has 0 unspecified atom stereocenters. The van der Waals surface area contributed by atoms with Crippen LogP contribution in [0.2, 0.25) is 0 Å². The first kappa shape index (κ1) is 13.0. The van der Waals surface area contributed by atoms with E-state index >= 15 is 0 Å². The second-order valence-electron chi connectivity index (χ2n) is 3.90. The average Bonchev–Trinajstić information content (AvgIpc) is 2.44. The van der Waals surface area contributed by atoms with Crippen molar-refractivity contribution in [2.45, 2.75) is 13.2 Å². The molecule has 0 aliphatic carbocycles. The number of hydrogen-bond acceptors (Lipinski definition) is 4. The molecule has 2 rings (SSSR count). The van der Waals surface area contributed by atoms with Crippen LogP contribution in [0.15, 0.2) is 36.5 Å². The molecule has 0 fully saturated rings. The van der Waals surface area contributed by atoms with Crippen molar-refractivity contribution in [2.75, 3.05) is 0 Å². The van der Waals surface area contributed by atoms with E-state index in [1.54, 1.807) is 18.2 Å². The van der Waals surface area contributed by atoms with E-state index in [-0.39, 0.29) is 13.2 Å². The van der Waals surface area contributed by atoms with Crippen molar-refractivity contribution in [1.82, 2.24) is 4.98 Å². The molecule has 1 aromatic heterocycles. The Morgan fingerprint density at radius 2 is 2.11 bits per heavy atom. The number of halogens is 1. The second-order valence-corrected chi connectivity index (χ2v) is 3.90. The van der Waals surface area contributed by atoms with Gasteiger partial charge in [0, 0.05) is 12.3 Å². The maximum atomic E-state index is 13.2. The van der Waals surface area contributed by atoms with Gasteiger partial charge in [0.05, 0.1) is 6.61 Å². The van der Waals surface area contributed by atoms with Crippen molar-refractivity contribution >= 4 is 0 Å². The lowest BCUT2D eigenvalue weighted by Gasteiger charge is -2.08. The minimum Gasteiger partial charge on any atom is -0.489 e. The van der Waals surface area contributed by atoms with Crippen LogP contribution in [0.5, 0.6) is 5.75 Å². The van der Waals surface area contributed by atoms with E-state index < -0.39 is 5.82 Å². The van der Waals surface area contributed by atoms with Gasteiger partial charge in [0.25, 0.3) is 0 Å². The summed E-state index contributed by atoms with van der Waals surface area (Å²) in [6.45, 7) is -0.0481. The van der Waals surface area contributed by atoms with Crippen molar-refractivity contribution in [3.63, 3.8) is 0 Å². The van der Waals surface area contributed by atoms with Crippen LogP contribution in [-0.2, 0) is 13.2 Å². The standard InChI is InChI=1S/C14H11FN2O2/c15-12-3-11(8-18)5-14(6-12)19-9-10-1-2-17-13(4-10)7-16/h1-6,18H,8-9H2. The highest BCUT2D eigenvalue weighted by molar-refractivity contribution is 5.30. The normalized spacial score (nSPS) is 9.95. The zero-order valence-corrected chi connectivity index (χ0v) is 10.0. The van der Waals surface area contributed by atoms with Crippen LogP contribution in [0.4, 0.5) is 4.39 Å². The van der Waals surface area contributed by atoms with Gasteiger partial charge in [0.2, 0.25) is 0 Å². The number of aliphatic hydroxyl groups excluding tert-OH is 1. The summed E-state index contributed by atoms with van der Waals surface area (Å²) in [4.78, 5) is 3.84. The first-order chi connectivity index (χ1) is 9.21. The van der Waals surface area contributed by atoms with E-state index in [4.69, 9.17) is 15.1 Å². The van der Waals surface area contributed by atoms with E-state index in [9.17, 15) is 4.39 Å². The van der Waals surface area contributed by atoms with Crippen LogP contribution in [0.25, 0.3) is 0 Å². The number of pyridine rings is 1. The number of hydrogen-bond donors (Lipinski definition) is 1. The van der Waals surface area contributed by atoms with Gasteiger partial charge in [0.15, 0.2) is 0 Å². The molecule has 2 aromatic rings. The summed E-state index contributed by atoms with van der Waals surface area (Å²) in [6.07, 6.45) is 1.52. The Kier molecular flexibility index (Phi) is 4.06. The summed E-state index contributed by atoms with van der Waals surface area (Å²) in [5.74, 6) is -0.131. The molecule has 1 aromatic carbocycles. The maximum Gasteiger partial charge on any atom is 0.140 e. The molecular formula is C14H11FN2O2. The smallest absolute Gasteiger partial charge is 0.140 e. The molecule has 0 bridgehead atoms. The van der Waals surface area contributed by atoms with E-state index in [1.807, 2.05) is 6.07 Å². The Balaban J connectivity index is 2.10. The number of ether oxygens (including phenoxy) is 1. The summed E-state index contributed by atoms with van der Waals surface area (Å²) in [5.41, 5.74) is 1.51. The van der Waals surface area contributed by atoms with Gasteiger partial charge < -0.3 is 9.84 Å². The third-order valence-electron chi connectivity index (χ3n) is 2.46. The fourth-order valence-corrected chi connectivity index (χ4v) is 1.59. The first-order valence-electron chi connectivity index (χ1n) is 5.59. The molecule has 5 heteroatoms. The molecule has 0 amide bonds. The van der Waals surface area contributed by atoms with Gasteiger partial charge in [-0.3, -0.25) is 0 Å². The lowest BCUT2D eigenvalue weighted by molar-refractivity contribution is 0.276. The molecule has 4 nitrogen and oxygen atoms in total. The Bertz CT molecular complexity index is 623. The summed E-state index contributed by atoms with van der Waals surface area (Å²) >= 11 is 0. The Morgan fingerprint density at radius 3 is 2.84 bits per heavy atom. The minimum atomic E-state index is -0.464. The summed E-state index contributed by atoms with van der Waals surface area (Å²) < 4.78 is 18.6. The SMILES string of the molecule is N#Cc1cc(COc2cc(F)cc(CO)c2)ccn1. The fourth-order valence-electron chi connectivity index (χ4n) is 1.59. The molecule has 96 valence electrons. The van der Waals surface area contributed by atoms with Gasteiger partial charge in [-0.05, 0) is 35.4 Å². The highest BCUT2D eigenvalue weighted by atomic mass is 19.1. The highest BCUT2D eigenvalue weighted by Crippen LogP contribution is 2.18. The van der Waals surface area contributed by atoms with Crippen LogP contribution in [-0.4, -0.2) is 10.1 Å². The molecule has 0 saturated heterocycles. The molecule has 0 aliphatic heterocycles. The average molecular weight is 258 g/mol. The number of aliphatic hydroxyl groups is 1. The fraction of sp³-hybridized carbons (Fsp3) is 0.143. The molecule has 0 saturated carbocycles. The predicted molar refractivity (Wildman–Crippen MR) is 65.6 cm³/mol. The van der Waals surface area contributed by atoms with Gasteiger partial charge in [-0.2, -0.15) is 5.26 Å². The van der Waals surface area contributed by atoms with Crippen LogP contribution < -0.4 is 4.74 Å². The van der Waals surface area contributed by atoms with Crippen LogP contribution in [0, 0.1) is 17.1 Å². The van der Waals surface area contributed by atoms with E-state index in [0.717, 1.165) is 5.56 Å². The Labute approximate surface area is 109 Å². The molecule has 0 atom stereocenters. The van der Waals surface area contributed by atoms with E-state index in [2.05, 4.69) is 4.98 Å². The van der Waals surface area contributed by atoms with Crippen LogP contribution >= 0.6 is 0 Å². The van der Waals surface area contributed by atoms with Gasteiger partial charge in [0.1, 0.15) is 29.9 Å². The zero-order valence-electron chi connectivity index (χ0n) is 10.0. The van der Waals surface area contributed by atoms with Gasteiger partial charge >= 0.3 is 0 Å². The molecule has 1 heterocycles. The third-order valence-corrected chi connectivity index (χ3v) is 2.46. The topological polar surface area (TPSA) is 66.1 Å². The predicted octanol–water partition coefficient (Wildman–Crippen LogP) is 2.16. The second kappa shape index (κ2) is 5.94. The van der Waals surface area contributed by atoms with Crippen molar-refractivity contribution in [1.29, 1.82) is 5.26 Å². The van der Waals surface area contributed by atoms with Gasteiger partial charge in [-0.25, -0.2) is 9.37 Å². The first-order valence-corrected chi connectivity index (χ1v) is 5.59. The van der Waals surface area contributed by atoms with Gasteiger partial charge in [-0.15, -0.1) is 0 Å². The number of nitrogens with zero attached hydrogens (tertiary/aromatic N) is 2.